The first-order valence-corrected chi connectivity index (χ1v) is 7.34. The molecule has 1 aromatic carbocycles. The molecule has 2 rings (SSSR count). The molecule has 1 aliphatic heterocycles. The first-order valence-electron chi connectivity index (χ1n) is 6.55. The lowest BCUT2D eigenvalue weighted by molar-refractivity contribution is -0.128. The summed E-state index contributed by atoms with van der Waals surface area (Å²) in [5.41, 5.74) is 0.136. The van der Waals surface area contributed by atoms with E-state index in [1.807, 2.05) is 0 Å². The molecule has 0 aliphatic carbocycles. The van der Waals surface area contributed by atoms with Gasteiger partial charge in [0.1, 0.15) is 11.9 Å². The molecule has 1 heterocycles. The highest BCUT2D eigenvalue weighted by atomic mass is 79.9. The van der Waals surface area contributed by atoms with Gasteiger partial charge in [-0.3, -0.25) is 4.79 Å². The van der Waals surface area contributed by atoms with E-state index in [9.17, 15) is 9.18 Å². The molecule has 0 saturated carbocycles. The SMILES string of the molecule is C[C@@H](OC[C@@H]1CCCO1)C(=O)Nc1cc(Br)ccc1F. The molecule has 1 amide bonds. The monoisotopic (exact) mass is 345 g/mol. The number of hydrogen-bond donors (Lipinski definition) is 1. The molecule has 20 heavy (non-hydrogen) atoms. The summed E-state index contributed by atoms with van der Waals surface area (Å²) < 4.78 is 25.1. The second-order valence-electron chi connectivity index (χ2n) is 4.72. The number of carbonyl (C=O) groups is 1. The maximum Gasteiger partial charge on any atom is 0.253 e. The van der Waals surface area contributed by atoms with Crippen LogP contribution in [0.5, 0.6) is 0 Å². The van der Waals surface area contributed by atoms with E-state index in [0.29, 0.717) is 11.1 Å². The number of hydrogen-bond acceptors (Lipinski definition) is 3. The molecule has 1 fully saturated rings. The van der Waals surface area contributed by atoms with Gasteiger partial charge in [0, 0.05) is 11.1 Å². The Morgan fingerprint density at radius 3 is 3.15 bits per heavy atom. The second kappa shape index (κ2) is 7.15. The standard InChI is InChI=1S/C14H17BrFNO3/c1-9(20-8-11-3-2-6-19-11)14(18)17-13-7-10(15)4-5-12(13)16/h4-5,7,9,11H,2-3,6,8H2,1H3,(H,17,18)/t9-,11+/m1/s1. The van der Waals surface area contributed by atoms with Crippen molar-refractivity contribution in [3.8, 4) is 0 Å². The molecule has 1 saturated heterocycles. The van der Waals surface area contributed by atoms with Crippen LogP contribution in [-0.4, -0.2) is 31.3 Å². The van der Waals surface area contributed by atoms with Crippen molar-refractivity contribution in [1.82, 2.24) is 0 Å². The number of amides is 1. The third kappa shape index (κ3) is 4.26. The fraction of sp³-hybridized carbons (Fsp3) is 0.500. The largest absolute Gasteiger partial charge is 0.376 e. The van der Waals surface area contributed by atoms with Crippen molar-refractivity contribution in [3.05, 3.63) is 28.5 Å². The molecule has 4 nitrogen and oxygen atoms in total. The van der Waals surface area contributed by atoms with Crippen LogP contribution >= 0.6 is 15.9 Å². The van der Waals surface area contributed by atoms with E-state index < -0.39 is 11.9 Å². The van der Waals surface area contributed by atoms with Gasteiger partial charge in [0.2, 0.25) is 0 Å². The summed E-state index contributed by atoms with van der Waals surface area (Å²) in [5.74, 6) is -0.854. The summed E-state index contributed by atoms with van der Waals surface area (Å²) in [5, 5.41) is 2.52. The quantitative estimate of drug-likeness (QED) is 0.891. The Hall–Kier alpha value is -0.980. The van der Waals surface area contributed by atoms with E-state index in [1.165, 1.54) is 12.1 Å². The Bertz CT molecular complexity index is 477. The minimum Gasteiger partial charge on any atom is -0.376 e. The molecule has 6 heteroatoms. The van der Waals surface area contributed by atoms with Gasteiger partial charge in [-0.1, -0.05) is 15.9 Å². The normalized spacial score (nSPS) is 19.9. The Balaban J connectivity index is 1.85. The zero-order valence-corrected chi connectivity index (χ0v) is 12.8. The Labute approximate surface area is 125 Å². The smallest absolute Gasteiger partial charge is 0.253 e. The van der Waals surface area contributed by atoms with Crippen molar-refractivity contribution in [3.63, 3.8) is 0 Å². The van der Waals surface area contributed by atoms with E-state index >= 15 is 0 Å². The average molecular weight is 346 g/mol. The Kier molecular flexibility index (Phi) is 5.51. The number of ether oxygens (including phenoxy) is 2. The molecule has 1 aromatic rings. The first kappa shape index (κ1) is 15.4. The molecule has 0 bridgehead atoms. The van der Waals surface area contributed by atoms with E-state index in [-0.39, 0.29) is 17.7 Å². The lowest BCUT2D eigenvalue weighted by Gasteiger charge is -2.16. The van der Waals surface area contributed by atoms with Crippen molar-refractivity contribution in [1.29, 1.82) is 0 Å². The molecule has 1 aliphatic rings. The highest BCUT2D eigenvalue weighted by Gasteiger charge is 2.20. The van der Waals surface area contributed by atoms with Crippen LogP contribution in [0.3, 0.4) is 0 Å². The van der Waals surface area contributed by atoms with Gasteiger partial charge in [0.25, 0.3) is 5.91 Å². The van der Waals surface area contributed by atoms with Crippen LogP contribution in [0.4, 0.5) is 10.1 Å². The summed E-state index contributed by atoms with van der Waals surface area (Å²) in [6.45, 7) is 2.77. The highest BCUT2D eigenvalue weighted by Crippen LogP contribution is 2.20. The molecular formula is C14H17BrFNO3. The number of carbonyl (C=O) groups excluding carboxylic acids is 1. The van der Waals surface area contributed by atoms with Crippen LogP contribution < -0.4 is 5.32 Å². The molecule has 110 valence electrons. The zero-order valence-electron chi connectivity index (χ0n) is 11.2. The van der Waals surface area contributed by atoms with Crippen molar-refractivity contribution < 1.29 is 18.7 Å². The number of benzene rings is 1. The minimum absolute atomic E-state index is 0.0628. The van der Waals surface area contributed by atoms with Gasteiger partial charge in [-0.2, -0.15) is 0 Å². The summed E-state index contributed by atoms with van der Waals surface area (Å²) >= 11 is 3.23. The van der Waals surface area contributed by atoms with Crippen LogP contribution in [-0.2, 0) is 14.3 Å². The van der Waals surface area contributed by atoms with Gasteiger partial charge in [-0.25, -0.2) is 4.39 Å². The van der Waals surface area contributed by atoms with E-state index in [0.717, 1.165) is 19.4 Å². The first-order chi connectivity index (χ1) is 9.56. The molecule has 0 spiro atoms. The van der Waals surface area contributed by atoms with Gasteiger partial charge >= 0.3 is 0 Å². The summed E-state index contributed by atoms with van der Waals surface area (Å²) in [4.78, 5) is 11.9. The molecular weight excluding hydrogens is 329 g/mol. The van der Waals surface area contributed by atoms with E-state index in [4.69, 9.17) is 9.47 Å². The van der Waals surface area contributed by atoms with Crippen LogP contribution in [0.2, 0.25) is 0 Å². The van der Waals surface area contributed by atoms with Gasteiger partial charge in [-0.05, 0) is 38.0 Å². The Morgan fingerprint density at radius 1 is 1.65 bits per heavy atom. The topological polar surface area (TPSA) is 47.6 Å². The lowest BCUT2D eigenvalue weighted by Crippen LogP contribution is -2.30. The lowest BCUT2D eigenvalue weighted by atomic mass is 10.2. The minimum atomic E-state index is -0.655. The predicted octanol–water partition coefficient (Wildman–Crippen LogP) is 3.11. The summed E-state index contributed by atoms with van der Waals surface area (Å²) in [7, 11) is 0. The van der Waals surface area contributed by atoms with Crippen molar-refractivity contribution in [2.45, 2.75) is 32.0 Å². The molecule has 0 aromatic heterocycles. The highest BCUT2D eigenvalue weighted by molar-refractivity contribution is 9.10. The third-order valence-corrected chi connectivity index (χ3v) is 3.60. The van der Waals surface area contributed by atoms with Gasteiger partial charge in [0.15, 0.2) is 0 Å². The van der Waals surface area contributed by atoms with Gasteiger partial charge in [-0.15, -0.1) is 0 Å². The summed E-state index contributed by atoms with van der Waals surface area (Å²) in [6.07, 6.45) is 1.39. The van der Waals surface area contributed by atoms with Crippen LogP contribution in [0, 0.1) is 5.82 Å². The fourth-order valence-corrected chi connectivity index (χ4v) is 2.29. The van der Waals surface area contributed by atoms with Crippen molar-refractivity contribution in [2.75, 3.05) is 18.5 Å². The van der Waals surface area contributed by atoms with Crippen molar-refractivity contribution >= 4 is 27.5 Å². The van der Waals surface area contributed by atoms with Gasteiger partial charge in [0.05, 0.1) is 18.4 Å². The van der Waals surface area contributed by atoms with Crippen LogP contribution in [0.15, 0.2) is 22.7 Å². The third-order valence-electron chi connectivity index (χ3n) is 3.11. The van der Waals surface area contributed by atoms with Gasteiger partial charge < -0.3 is 14.8 Å². The predicted molar refractivity (Wildman–Crippen MR) is 77.1 cm³/mol. The fourth-order valence-electron chi connectivity index (χ4n) is 1.93. The molecule has 0 radical (unpaired) electrons. The molecule has 2 atom stereocenters. The number of rotatable bonds is 5. The molecule has 1 N–H and O–H groups in total. The summed E-state index contributed by atoms with van der Waals surface area (Å²) in [6, 6.07) is 4.37. The van der Waals surface area contributed by atoms with Crippen LogP contribution in [0.1, 0.15) is 19.8 Å². The van der Waals surface area contributed by atoms with Crippen LogP contribution in [0.25, 0.3) is 0 Å². The van der Waals surface area contributed by atoms with E-state index in [2.05, 4.69) is 21.2 Å². The maximum absolute atomic E-state index is 13.5. The number of nitrogens with one attached hydrogen (secondary N) is 1. The Morgan fingerprint density at radius 2 is 2.45 bits per heavy atom. The number of anilines is 1. The van der Waals surface area contributed by atoms with E-state index in [1.54, 1.807) is 13.0 Å². The average Bonchev–Trinajstić information content (AvgIpc) is 2.93. The van der Waals surface area contributed by atoms with Crippen molar-refractivity contribution in [2.24, 2.45) is 0 Å². The molecule has 0 unspecified atom stereocenters. The maximum atomic E-state index is 13.5. The number of halogens is 2. The zero-order chi connectivity index (χ0) is 14.5. The second-order valence-corrected chi connectivity index (χ2v) is 5.64.